The minimum atomic E-state index is -2.68. The maximum atomic E-state index is 12.8. The molecular formula is C18H17F2NO4. The number of nitrogens with one attached hydrogen (secondary N) is 1. The van der Waals surface area contributed by atoms with Crippen molar-refractivity contribution >= 4 is 12.1 Å². The second-order valence-corrected chi connectivity index (χ2v) is 5.33. The molecule has 0 fully saturated rings. The smallest absolute Gasteiger partial charge is 0.407 e. The summed E-state index contributed by atoms with van der Waals surface area (Å²) in [5, 5.41) is 11.4. The summed E-state index contributed by atoms with van der Waals surface area (Å²) >= 11 is 0. The minimum Gasteiger partial charge on any atom is -0.481 e. The zero-order valence-electron chi connectivity index (χ0n) is 13.2. The number of carboxylic acid groups (broad SMARTS) is 1. The fourth-order valence-corrected chi connectivity index (χ4v) is 2.25. The topological polar surface area (TPSA) is 75.6 Å². The average Bonchev–Trinajstić information content (AvgIpc) is 2.60. The zero-order chi connectivity index (χ0) is 18.2. The lowest BCUT2D eigenvalue weighted by molar-refractivity contribution is -0.137. The van der Waals surface area contributed by atoms with Crippen LogP contribution >= 0.6 is 0 Å². The molecule has 5 nitrogen and oxygen atoms in total. The van der Waals surface area contributed by atoms with Crippen molar-refractivity contribution in [2.24, 2.45) is 0 Å². The molecule has 0 heterocycles. The maximum Gasteiger partial charge on any atom is 0.407 e. The van der Waals surface area contributed by atoms with Crippen LogP contribution in [0.3, 0.4) is 0 Å². The van der Waals surface area contributed by atoms with Gasteiger partial charge in [-0.05, 0) is 17.2 Å². The standard InChI is InChI=1S/C18H17F2NO4/c19-17(20)14-8-4-7-13(9-14)15(10-16(22)23)21-18(24)25-11-12-5-2-1-3-6-12/h1-9,15,17H,10-11H2,(H,21,24)(H,22,23)/t15-/m1/s1. The molecule has 0 saturated heterocycles. The van der Waals surface area contributed by atoms with Crippen LogP contribution < -0.4 is 5.32 Å². The second-order valence-electron chi connectivity index (χ2n) is 5.33. The molecule has 0 bridgehead atoms. The number of hydrogen-bond acceptors (Lipinski definition) is 3. The Kier molecular flexibility index (Phi) is 6.45. The number of alkyl carbamates (subject to hydrolysis) is 1. The molecule has 2 rings (SSSR count). The lowest BCUT2D eigenvalue weighted by Crippen LogP contribution is -2.30. The Morgan fingerprint density at radius 1 is 1.04 bits per heavy atom. The van der Waals surface area contributed by atoms with Gasteiger partial charge >= 0.3 is 12.1 Å². The normalized spacial score (nSPS) is 11.8. The first-order chi connectivity index (χ1) is 12.0. The van der Waals surface area contributed by atoms with Crippen molar-refractivity contribution in [2.45, 2.75) is 25.5 Å². The Morgan fingerprint density at radius 3 is 2.36 bits per heavy atom. The molecule has 0 aromatic heterocycles. The fourth-order valence-electron chi connectivity index (χ4n) is 2.25. The third-order valence-corrected chi connectivity index (χ3v) is 3.45. The Bertz CT molecular complexity index is 722. The maximum absolute atomic E-state index is 12.8. The molecule has 0 spiro atoms. The summed E-state index contributed by atoms with van der Waals surface area (Å²) in [5.41, 5.74) is 0.802. The van der Waals surface area contributed by atoms with Crippen LogP contribution in [0.5, 0.6) is 0 Å². The molecule has 1 amide bonds. The van der Waals surface area contributed by atoms with E-state index in [0.717, 1.165) is 5.56 Å². The molecule has 132 valence electrons. The molecule has 2 aromatic rings. The van der Waals surface area contributed by atoms with Crippen LogP contribution in [-0.4, -0.2) is 17.2 Å². The van der Waals surface area contributed by atoms with Crippen LogP contribution in [0.4, 0.5) is 13.6 Å². The third-order valence-electron chi connectivity index (χ3n) is 3.45. The van der Waals surface area contributed by atoms with Crippen molar-refractivity contribution in [2.75, 3.05) is 0 Å². The molecule has 2 N–H and O–H groups in total. The third kappa shape index (κ3) is 5.87. The first kappa shape index (κ1) is 18.4. The van der Waals surface area contributed by atoms with Gasteiger partial charge in [-0.1, -0.05) is 48.5 Å². The number of ether oxygens (including phenoxy) is 1. The second kappa shape index (κ2) is 8.77. The van der Waals surface area contributed by atoms with E-state index in [9.17, 15) is 18.4 Å². The van der Waals surface area contributed by atoms with Gasteiger partial charge in [0.15, 0.2) is 0 Å². The number of hydrogen-bond donors (Lipinski definition) is 2. The first-order valence-electron chi connectivity index (χ1n) is 7.52. The first-order valence-corrected chi connectivity index (χ1v) is 7.52. The average molecular weight is 349 g/mol. The zero-order valence-corrected chi connectivity index (χ0v) is 13.2. The summed E-state index contributed by atoms with van der Waals surface area (Å²) in [6, 6.07) is 13.3. The molecule has 25 heavy (non-hydrogen) atoms. The van der Waals surface area contributed by atoms with Crippen LogP contribution in [-0.2, 0) is 16.1 Å². The number of benzene rings is 2. The summed E-state index contributed by atoms with van der Waals surface area (Å²) in [4.78, 5) is 22.9. The van der Waals surface area contributed by atoms with E-state index in [2.05, 4.69) is 5.32 Å². The Hall–Kier alpha value is -2.96. The number of carboxylic acids is 1. The number of amides is 1. The van der Waals surface area contributed by atoms with E-state index < -0.39 is 31.0 Å². The Balaban J connectivity index is 2.05. The molecule has 0 unspecified atom stereocenters. The van der Waals surface area contributed by atoms with Crippen molar-refractivity contribution in [1.82, 2.24) is 5.32 Å². The molecule has 1 atom stereocenters. The van der Waals surface area contributed by atoms with Crippen molar-refractivity contribution < 1.29 is 28.2 Å². The molecule has 0 radical (unpaired) electrons. The highest BCUT2D eigenvalue weighted by atomic mass is 19.3. The van der Waals surface area contributed by atoms with Gasteiger partial charge in [0.25, 0.3) is 6.43 Å². The SMILES string of the molecule is O=C(O)C[C@@H](NC(=O)OCc1ccccc1)c1cccc(C(F)F)c1. The van der Waals surface area contributed by atoms with E-state index in [-0.39, 0.29) is 17.7 Å². The van der Waals surface area contributed by atoms with Crippen LogP contribution in [0, 0.1) is 0 Å². The summed E-state index contributed by atoms with van der Waals surface area (Å²) in [7, 11) is 0. The van der Waals surface area contributed by atoms with Crippen LogP contribution in [0.2, 0.25) is 0 Å². The summed E-state index contributed by atoms with van der Waals surface area (Å²) in [6.07, 6.45) is -3.96. The van der Waals surface area contributed by atoms with Gasteiger partial charge in [0.05, 0.1) is 12.5 Å². The van der Waals surface area contributed by atoms with Gasteiger partial charge in [0.1, 0.15) is 6.61 Å². The number of carbonyl (C=O) groups excluding carboxylic acids is 1. The van der Waals surface area contributed by atoms with Gasteiger partial charge in [-0.2, -0.15) is 0 Å². The van der Waals surface area contributed by atoms with E-state index in [1.165, 1.54) is 24.3 Å². The van der Waals surface area contributed by atoms with E-state index in [0.29, 0.717) is 0 Å². The van der Waals surface area contributed by atoms with Gasteiger partial charge in [-0.3, -0.25) is 4.79 Å². The molecule has 2 aromatic carbocycles. The van der Waals surface area contributed by atoms with E-state index in [4.69, 9.17) is 9.84 Å². The van der Waals surface area contributed by atoms with E-state index in [1.807, 2.05) is 6.07 Å². The summed E-state index contributed by atoms with van der Waals surface area (Å²) in [6.45, 7) is 0.0174. The van der Waals surface area contributed by atoms with Gasteiger partial charge in [-0.15, -0.1) is 0 Å². The molecule has 0 aliphatic rings. The number of aliphatic carboxylic acids is 1. The Morgan fingerprint density at radius 2 is 1.72 bits per heavy atom. The summed E-state index contributed by atoms with van der Waals surface area (Å²) in [5.74, 6) is -1.17. The van der Waals surface area contributed by atoms with E-state index in [1.54, 1.807) is 24.3 Å². The molecule has 7 heteroatoms. The Labute approximate surface area is 143 Å². The summed E-state index contributed by atoms with van der Waals surface area (Å²) < 4.78 is 30.7. The van der Waals surface area contributed by atoms with Gasteiger partial charge < -0.3 is 15.2 Å². The predicted molar refractivity (Wildman–Crippen MR) is 86.2 cm³/mol. The van der Waals surface area contributed by atoms with Crippen molar-refractivity contribution in [3.63, 3.8) is 0 Å². The lowest BCUT2D eigenvalue weighted by Gasteiger charge is -2.18. The van der Waals surface area contributed by atoms with Crippen molar-refractivity contribution in [3.05, 3.63) is 71.3 Å². The quantitative estimate of drug-likeness (QED) is 0.790. The number of alkyl halides is 2. The van der Waals surface area contributed by atoms with Crippen LogP contribution in [0.1, 0.15) is 35.6 Å². The van der Waals surface area contributed by atoms with Crippen molar-refractivity contribution in [1.29, 1.82) is 0 Å². The van der Waals surface area contributed by atoms with Gasteiger partial charge in [0.2, 0.25) is 0 Å². The number of rotatable bonds is 7. The number of halogens is 2. The fraction of sp³-hybridized carbons (Fsp3) is 0.222. The predicted octanol–water partition coefficient (Wildman–Crippen LogP) is 4.07. The van der Waals surface area contributed by atoms with Crippen LogP contribution in [0.25, 0.3) is 0 Å². The highest BCUT2D eigenvalue weighted by Crippen LogP contribution is 2.24. The molecule has 0 aliphatic carbocycles. The largest absolute Gasteiger partial charge is 0.481 e. The van der Waals surface area contributed by atoms with E-state index >= 15 is 0 Å². The highest BCUT2D eigenvalue weighted by molar-refractivity contribution is 5.72. The highest BCUT2D eigenvalue weighted by Gasteiger charge is 2.20. The molecule has 0 aliphatic heterocycles. The van der Waals surface area contributed by atoms with Crippen molar-refractivity contribution in [3.8, 4) is 0 Å². The monoisotopic (exact) mass is 349 g/mol. The minimum absolute atomic E-state index is 0.0174. The lowest BCUT2D eigenvalue weighted by atomic mass is 10.0. The van der Waals surface area contributed by atoms with Gasteiger partial charge in [-0.25, -0.2) is 13.6 Å². The molecular weight excluding hydrogens is 332 g/mol. The van der Waals surface area contributed by atoms with Crippen LogP contribution in [0.15, 0.2) is 54.6 Å². The van der Waals surface area contributed by atoms with Gasteiger partial charge in [0, 0.05) is 5.56 Å². The molecule has 0 saturated carbocycles. The number of carbonyl (C=O) groups is 2.